The molecule has 41 heavy (non-hydrogen) atoms. The van der Waals surface area contributed by atoms with Crippen LogP contribution in [0.1, 0.15) is 16.7 Å². The highest BCUT2D eigenvalue weighted by molar-refractivity contribution is 6.07. The van der Waals surface area contributed by atoms with E-state index in [0.29, 0.717) is 19.0 Å². The molecule has 0 N–H and O–H groups in total. The average molecular weight is 534 g/mol. The van der Waals surface area contributed by atoms with Crippen molar-refractivity contribution in [3.8, 4) is 11.1 Å². The van der Waals surface area contributed by atoms with Gasteiger partial charge in [-0.25, -0.2) is 4.99 Å². The molecule has 0 amide bonds. The van der Waals surface area contributed by atoms with Crippen LogP contribution in [0.3, 0.4) is 0 Å². The summed E-state index contributed by atoms with van der Waals surface area (Å²) in [6, 6.07) is 41.9. The number of amidine groups is 1. The first-order valence-corrected chi connectivity index (χ1v) is 13.6. The van der Waals surface area contributed by atoms with Crippen LogP contribution in [-0.4, -0.2) is 25.9 Å². The van der Waals surface area contributed by atoms with Crippen LogP contribution in [0.5, 0.6) is 0 Å². The van der Waals surface area contributed by atoms with Crippen molar-refractivity contribution in [3.05, 3.63) is 138 Å². The Labute approximate surface area is 241 Å². The molecule has 0 unspecified atom stereocenters. The first-order chi connectivity index (χ1) is 20.2. The summed E-state index contributed by atoms with van der Waals surface area (Å²) in [6.45, 7) is 10.9. The lowest BCUT2D eigenvalue weighted by molar-refractivity contribution is 0.934. The number of rotatable bonds is 6. The van der Waals surface area contributed by atoms with Gasteiger partial charge in [0.2, 0.25) is 0 Å². The van der Waals surface area contributed by atoms with Crippen molar-refractivity contribution in [2.45, 2.75) is 13.5 Å². The Morgan fingerprint density at radius 2 is 1.17 bits per heavy atom. The summed E-state index contributed by atoms with van der Waals surface area (Å²) >= 11 is 0. The van der Waals surface area contributed by atoms with Crippen molar-refractivity contribution in [3.63, 3.8) is 0 Å². The van der Waals surface area contributed by atoms with Crippen LogP contribution in [-0.2, 0) is 6.54 Å². The fourth-order valence-corrected chi connectivity index (χ4v) is 5.38. The summed E-state index contributed by atoms with van der Waals surface area (Å²) in [5.41, 5.74) is 10.6. The zero-order chi connectivity index (χ0) is 28.2. The zero-order valence-corrected chi connectivity index (χ0v) is 23.1. The maximum absolute atomic E-state index is 4.92. The van der Waals surface area contributed by atoms with Gasteiger partial charge in [0.25, 0.3) is 0 Å². The quantitative estimate of drug-likeness (QED) is 0.162. The molecule has 0 aliphatic carbocycles. The molecule has 1 aliphatic heterocycles. The molecule has 5 aromatic rings. The molecule has 0 atom stereocenters. The zero-order valence-electron chi connectivity index (χ0n) is 23.1. The molecule has 0 radical (unpaired) electrons. The van der Waals surface area contributed by atoms with Gasteiger partial charge in [-0.15, -0.1) is 0 Å². The van der Waals surface area contributed by atoms with Crippen LogP contribution in [0.25, 0.3) is 11.1 Å². The lowest BCUT2D eigenvalue weighted by atomic mass is 10.0. The SMILES string of the molecule is C=NC(=NCc1ccc(C)cc1)c1ccccc1N1CN(c2ccccc2N=C)c2ccccc2-c2ccccc21. The van der Waals surface area contributed by atoms with Gasteiger partial charge in [0.1, 0.15) is 6.67 Å². The van der Waals surface area contributed by atoms with Gasteiger partial charge in [0, 0.05) is 16.7 Å². The van der Waals surface area contributed by atoms with Gasteiger partial charge in [0.05, 0.1) is 35.0 Å². The van der Waals surface area contributed by atoms with E-state index in [-0.39, 0.29) is 0 Å². The molecule has 0 fully saturated rings. The lowest BCUT2D eigenvalue weighted by Crippen LogP contribution is -2.32. The fourth-order valence-electron chi connectivity index (χ4n) is 5.38. The van der Waals surface area contributed by atoms with Gasteiger partial charge < -0.3 is 9.80 Å². The molecular weight excluding hydrogens is 502 g/mol. The number of para-hydroxylation sites is 5. The number of hydrogen-bond acceptors (Lipinski definition) is 4. The Morgan fingerprint density at radius 3 is 1.80 bits per heavy atom. The molecule has 5 heteroatoms. The van der Waals surface area contributed by atoms with Crippen LogP contribution in [0, 0.1) is 6.92 Å². The standard InChI is InChI=1S/C36H31N5/c1-26-20-22-27(23-21-26)24-39-36(38-3)30-14-6-10-18-34(30)40-25-41(35-19-11-7-15-31(35)37-2)33-17-9-5-13-29(33)28-12-4-8-16-32(28)40/h4-23H,2-3,24-25H2,1H3. The van der Waals surface area contributed by atoms with E-state index in [0.717, 1.165) is 50.7 Å². The third-order valence-corrected chi connectivity index (χ3v) is 7.42. The smallest absolute Gasteiger partial charge is 0.156 e. The first kappa shape index (κ1) is 26.0. The maximum Gasteiger partial charge on any atom is 0.156 e. The Hall–Kier alpha value is -5.29. The number of aryl methyl sites for hydroxylation is 1. The van der Waals surface area contributed by atoms with Gasteiger partial charge >= 0.3 is 0 Å². The van der Waals surface area contributed by atoms with Gasteiger partial charge in [0.15, 0.2) is 5.84 Å². The highest BCUT2D eigenvalue weighted by atomic mass is 15.3. The predicted octanol–water partition coefficient (Wildman–Crippen LogP) is 8.89. The van der Waals surface area contributed by atoms with Crippen molar-refractivity contribution >= 4 is 47.7 Å². The van der Waals surface area contributed by atoms with E-state index >= 15 is 0 Å². The second-order valence-electron chi connectivity index (χ2n) is 9.98. The van der Waals surface area contributed by atoms with E-state index in [4.69, 9.17) is 4.99 Å². The van der Waals surface area contributed by atoms with Crippen LogP contribution in [0.4, 0.5) is 28.4 Å². The second-order valence-corrected chi connectivity index (χ2v) is 9.98. The van der Waals surface area contributed by atoms with Gasteiger partial charge in [-0.05, 0) is 62.3 Å². The first-order valence-electron chi connectivity index (χ1n) is 13.6. The normalized spacial score (nSPS) is 12.8. The fraction of sp³-hybridized carbons (Fsp3) is 0.0833. The molecule has 0 saturated heterocycles. The molecule has 5 aromatic carbocycles. The number of benzene rings is 5. The van der Waals surface area contributed by atoms with Crippen LogP contribution in [0.2, 0.25) is 0 Å². The molecule has 0 bridgehead atoms. The summed E-state index contributed by atoms with van der Waals surface area (Å²) in [7, 11) is 0. The van der Waals surface area contributed by atoms with Gasteiger partial charge in [-0.3, -0.25) is 9.98 Å². The van der Waals surface area contributed by atoms with Crippen molar-refractivity contribution in [2.24, 2.45) is 15.0 Å². The Balaban J connectivity index is 1.52. The van der Waals surface area contributed by atoms with Crippen LogP contribution < -0.4 is 9.80 Å². The third kappa shape index (κ3) is 5.06. The van der Waals surface area contributed by atoms with E-state index in [1.54, 1.807) is 0 Å². The van der Waals surface area contributed by atoms with E-state index in [1.807, 2.05) is 24.3 Å². The highest BCUT2D eigenvalue weighted by Gasteiger charge is 2.28. The van der Waals surface area contributed by atoms with E-state index < -0.39 is 0 Å². The summed E-state index contributed by atoms with van der Waals surface area (Å²) < 4.78 is 0. The van der Waals surface area contributed by atoms with Crippen molar-refractivity contribution in [2.75, 3.05) is 16.5 Å². The number of aliphatic imine (C=N–C) groups is 3. The Kier molecular flexibility index (Phi) is 7.25. The minimum atomic E-state index is 0.523. The minimum Gasteiger partial charge on any atom is -0.322 e. The maximum atomic E-state index is 4.92. The Morgan fingerprint density at radius 1 is 0.634 bits per heavy atom. The molecule has 1 heterocycles. The monoisotopic (exact) mass is 533 g/mol. The summed E-state index contributed by atoms with van der Waals surface area (Å²) in [5, 5.41) is 0. The van der Waals surface area contributed by atoms with Crippen molar-refractivity contribution in [1.82, 2.24) is 0 Å². The van der Waals surface area contributed by atoms with Crippen LogP contribution in [0.15, 0.2) is 136 Å². The largest absolute Gasteiger partial charge is 0.322 e. The number of hydrogen-bond donors (Lipinski definition) is 0. The molecule has 0 saturated carbocycles. The molecular formula is C36H31N5. The van der Waals surface area contributed by atoms with Gasteiger partial charge in [-0.1, -0.05) is 90.5 Å². The number of fused-ring (bicyclic) bond motifs is 3. The molecule has 5 nitrogen and oxygen atoms in total. The average Bonchev–Trinajstić information content (AvgIpc) is 3.17. The van der Waals surface area contributed by atoms with E-state index in [2.05, 4.69) is 137 Å². The second kappa shape index (κ2) is 11.4. The minimum absolute atomic E-state index is 0.523. The molecule has 0 spiro atoms. The van der Waals surface area contributed by atoms with Crippen LogP contribution >= 0.6 is 0 Å². The molecule has 6 rings (SSSR count). The van der Waals surface area contributed by atoms with Crippen molar-refractivity contribution in [1.29, 1.82) is 0 Å². The molecule has 1 aliphatic rings. The predicted molar refractivity (Wildman–Crippen MR) is 174 cm³/mol. The lowest BCUT2D eigenvalue weighted by Gasteiger charge is -2.33. The third-order valence-electron chi connectivity index (χ3n) is 7.42. The highest BCUT2D eigenvalue weighted by Crippen LogP contribution is 2.47. The number of nitrogens with zero attached hydrogens (tertiary/aromatic N) is 5. The summed E-state index contributed by atoms with van der Waals surface area (Å²) in [6.07, 6.45) is 0. The van der Waals surface area contributed by atoms with Crippen molar-refractivity contribution < 1.29 is 0 Å². The van der Waals surface area contributed by atoms with E-state index in [1.165, 1.54) is 5.56 Å². The molecule has 200 valence electrons. The van der Waals surface area contributed by atoms with Gasteiger partial charge in [-0.2, -0.15) is 0 Å². The topological polar surface area (TPSA) is 43.6 Å². The number of anilines is 4. The summed E-state index contributed by atoms with van der Waals surface area (Å²) in [4.78, 5) is 18.3. The molecule has 0 aromatic heterocycles. The van der Waals surface area contributed by atoms with E-state index in [9.17, 15) is 0 Å². The summed E-state index contributed by atoms with van der Waals surface area (Å²) in [5.74, 6) is 0.611. The Bertz CT molecular complexity index is 1750.